The minimum Gasteiger partial charge on any atom is -0.452 e. The second kappa shape index (κ2) is 11.3. The molecule has 2 heterocycles. The fraction of sp³-hybridized carbons (Fsp3) is 0.500. The normalized spacial score (nSPS) is 16.8. The molecular formula is C22H30N4O6S. The lowest BCUT2D eigenvalue weighted by molar-refractivity contribution is -0.123. The molecule has 1 aromatic carbocycles. The van der Waals surface area contributed by atoms with E-state index in [9.17, 15) is 22.8 Å². The van der Waals surface area contributed by atoms with E-state index >= 15 is 0 Å². The molecule has 11 heteroatoms. The summed E-state index contributed by atoms with van der Waals surface area (Å²) < 4.78 is 32.8. The summed E-state index contributed by atoms with van der Waals surface area (Å²) in [5, 5.41) is 4.42. The average molecular weight is 479 g/mol. The van der Waals surface area contributed by atoms with Gasteiger partial charge in [0.15, 0.2) is 6.61 Å². The molecule has 180 valence electrons. The van der Waals surface area contributed by atoms with Crippen molar-refractivity contribution in [1.82, 2.24) is 14.9 Å². The van der Waals surface area contributed by atoms with Crippen LogP contribution in [0.3, 0.4) is 0 Å². The van der Waals surface area contributed by atoms with Crippen molar-refractivity contribution in [3.63, 3.8) is 0 Å². The third-order valence-electron chi connectivity index (χ3n) is 5.58. The number of rotatable bonds is 8. The van der Waals surface area contributed by atoms with Gasteiger partial charge in [0.2, 0.25) is 10.0 Å². The Morgan fingerprint density at radius 1 is 1.03 bits per heavy atom. The van der Waals surface area contributed by atoms with E-state index in [0.717, 1.165) is 45.2 Å². The highest BCUT2D eigenvalue weighted by Gasteiger charge is 2.29. The molecule has 0 unspecified atom stereocenters. The predicted molar refractivity (Wildman–Crippen MR) is 123 cm³/mol. The van der Waals surface area contributed by atoms with Crippen LogP contribution >= 0.6 is 0 Å². The molecule has 2 fully saturated rings. The second-order valence-electron chi connectivity index (χ2n) is 7.96. The van der Waals surface area contributed by atoms with E-state index < -0.39 is 34.5 Å². The maximum atomic E-state index is 13.1. The van der Waals surface area contributed by atoms with Crippen LogP contribution in [0.15, 0.2) is 35.7 Å². The molecule has 3 rings (SSSR count). The summed E-state index contributed by atoms with van der Waals surface area (Å²) >= 11 is 0. The van der Waals surface area contributed by atoms with Crippen molar-refractivity contribution in [2.24, 2.45) is 0 Å². The Balaban J connectivity index is 1.78. The minimum atomic E-state index is -3.75. The zero-order valence-electron chi connectivity index (χ0n) is 18.5. The fourth-order valence-electron chi connectivity index (χ4n) is 3.91. The number of urea groups is 1. The standard InChI is InChI=1S/C22H30N4O6S/c1-2-10-23-22(29)24-20(27)16-32-21(28)18-15-17(8-9-19(18)25-11-6-7-12-25)33(30,31)26-13-4-3-5-14-26/h2,8-9,15H,1,3-7,10-14,16H2,(H2,23,24,27,29). The molecule has 2 N–H and O–H groups in total. The largest absolute Gasteiger partial charge is 0.452 e. The van der Waals surface area contributed by atoms with Gasteiger partial charge in [0.25, 0.3) is 5.91 Å². The first kappa shape index (κ1) is 24.7. The van der Waals surface area contributed by atoms with E-state index in [-0.39, 0.29) is 17.0 Å². The predicted octanol–water partition coefficient (Wildman–Crippen LogP) is 1.63. The van der Waals surface area contributed by atoms with E-state index in [4.69, 9.17) is 4.74 Å². The van der Waals surface area contributed by atoms with E-state index in [1.807, 2.05) is 10.2 Å². The van der Waals surface area contributed by atoms with Crippen LogP contribution in [0.1, 0.15) is 42.5 Å². The number of ether oxygens (including phenoxy) is 1. The lowest BCUT2D eigenvalue weighted by atomic mass is 10.1. The van der Waals surface area contributed by atoms with Crippen molar-refractivity contribution in [2.75, 3.05) is 44.2 Å². The van der Waals surface area contributed by atoms with Gasteiger partial charge < -0.3 is 15.0 Å². The van der Waals surface area contributed by atoms with E-state index in [1.165, 1.54) is 22.5 Å². The van der Waals surface area contributed by atoms with Crippen LogP contribution < -0.4 is 15.5 Å². The molecule has 0 saturated carbocycles. The molecule has 0 aliphatic carbocycles. The summed E-state index contributed by atoms with van der Waals surface area (Å²) in [6.45, 7) is 5.33. The fourth-order valence-corrected chi connectivity index (χ4v) is 5.45. The lowest BCUT2D eigenvalue weighted by Crippen LogP contribution is -2.41. The highest BCUT2D eigenvalue weighted by Crippen LogP contribution is 2.30. The summed E-state index contributed by atoms with van der Waals surface area (Å²) in [6, 6.07) is 3.74. The van der Waals surface area contributed by atoms with Gasteiger partial charge in [-0.25, -0.2) is 18.0 Å². The molecule has 2 aliphatic rings. The molecule has 0 spiro atoms. The van der Waals surface area contributed by atoms with Gasteiger partial charge in [-0.1, -0.05) is 12.5 Å². The Morgan fingerprint density at radius 3 is 2.36 bits per heavy atom. The van der Waals surface area contributed by atoms with E-state index in [2.05, 4.69) is 11.9 Å². The minimum absolute atomic E-state index is 0.0209. The molecule has 1 aromatic rings. The van der Waals surface area contributed by atoms with Gasteiger partial charge in [0.1, 0.15) is 0 Å². The number of hydrogen-bond acceptors (Lipinski definition) is 7. The van der Waals surface area contributed by atoms with Crippen molar-refractivity contribution in [1.29, 1.82) is 0 Å². The van der Waals surface area contributed by atoms with E-state index in [0.29, 0.717) is 18.8 Å². The number of nitrogens with one attached hydrogen (secondary N) is 2. The SMILES string of the molecule is C=CCNC(=O)NC(=O)COC(=O)c1cc(S(=O)(=O)N2CCCCC2)ccc1N1CCCC1. The number of carbonyl (C=O) groups excluding carboxylic acids is 3. The summed E-state index contributed by atoms with van der Waals surface area (Å²) in [4.78, 5) is 38.4. The van der Waals surface area contributed by atoms with Crippen LogP contribution in [0, 0.1) is 0 Å². The van der Waals surface area contributed by atoms with Crippen molar-refractivity contribution < 1.29 is 27.5 Å². The number of sulfonamides is 1. The van der Waals surface area contributed by atoms with Gasteiger partial charge in [-0.3, -0.25) is 10.1 Å². The molecule has 2 saturated heterocycles. The molecule has 2 aliphatic heterocycles. The Morgan fingerprint density at radius 2 is 1.70 bits per heavy atom. The van der Waals surface area contributed by atoms with Gasteiger partial charge >= 0.3 is 12.0 Å². The van der Waals surface area contributed by atoms with Crippen molar-refractivity contribution in [3.05, 3.63) is 36.4 Å². The van der Waals surface area contributed by atoms with Crippen LogP contribution in [0.4, 0.5) is 10.5 Å². The van der Waals surface area contributed by atoms with Crippen LogP contribution in [-0.4, -0.2) is 70.0 Å². The van der Waals surface area contributed by atoms with Crippen molar-refractivity contribution in [3.8, 4) is 0 Å². The smallest absolute Gasteiger partial charge is 0.340 e. The summed E-state index contributed by atoms with van der Waals surface area (Å²) in [7, 11) is -3.75. The van der Waals surface area contributed by atoms with E-state index in [1.54, 1.807) is 6.07 Å². The number of amides is 3. The number of piperidine rings is 1. The first-order valence-corrected chi connectivity index (χ1v) is 12.5. The number of imide groups is 1. The Labute approximate surface area is 194 Å². The summed E-state index contributed by atoms with van der Waals surface area (Å²) in [5.41, 5.74) is 0.651. The number of carbonyl (C=O) groups is 3. The molecule has 33 heavy (non-hydrogen) atoms. The van der Waals surface area contributed by atoms with Crippen molar-refractivity contribution in [2.45, 2.75) is 37.0 Å². The zero-order chi connectivity index (χ0) is 23.8. The molecule has 0 bridgehead atoms. The number of benzene rings is 1. The molecule has 0 atom stereocenters. The first-order chi connectivity index (χ1) is 15.8. The number of nitrogens with zero attached hydrogens (tertiary/aromatic N) is 2. The maximum absolute atomic E-state index is 13.1. The van der Waals surface area contributed by atoms with Crippen LogP contribution in [0.25, 0.3) is 0 Å². The number of esters is 1. The molecular weight excluding hydrogens is 448 g/mol. The quantitative estimate of drug-likeness (QED) is 0.430. The monoisotopic (exact) mass is 478 g/mol. The number of hydrogen-bond donors (Lipinski definition) is 2. The van der Waals surface area contributed by atoms with Crippen molar-refractivity contribution >= 4 is 33.6 Å². The van der Waals surface area contributed by atoms with Crippen LogP contribution in [-0.2, 0) is 19.6 Å². The molecule has 0 aromatic heterocycles. The maximum Gasteiger partial charge on any atom is 0.340 e. The summed E-state index contributed by atoms with van der Waals surface area (Å²) in [5.74, 6) is -1.63. The molecule has 10 nitrogen and oxygen atoms in total. The van der Waals surface area contributed by atoms with Crippen LogP contribution in [0.2, 0.25) is 0 Å². The highest BCUT2D eigenvalue weighted by molar-refractivity contribution is 7.89. The van der Waals surface area contributed by atoms with Crippen LogP contribution in [0.5, 0.6) is 0 Å². The highest BCUT2D eigenvalue weighted by atomic mass is 32.2. The second-order valence-corrected chi connectivity index (χ2v) is 9.90. The molecule has 0 radical (unpaired) electrons. The van der Waals surface area contributed by atoms with Gasteiger partial charge in [-0.2, -0.15) is 4.31 Å². The Bertz CT molecular complexity index is 998. The zero-order valence-corrected chi connectivity index (χ0v) is 19.4. The first-order valence-electron chi connectivity index (χ1n) is 11.1. The van der Waals surface area contributed by atoms with Gasteiger partial charge in [0.05, 0.1) is 16.1 Å². The topological polar surface area (TPSA) is 125 Å². The Kier molecular flexibility index (Phi) is 8.45. The average Bonchev–Trinajstić information content (AvgIpc) is 3.36. The third kappa shape index (κ3) is 6.32. The summed E-state index contributed by atoms with van der Waals surface area (Å²) in [6.07, 6.45) is 5.97. The number of anilines is 1. The third-order valence-corrected chi connectivity index (χ3v) is 7.48. The van der Waals surface area contributed by atoms with Gasteiger partial charge in [0, 0.05) is 32.7 Å². The molecule has 3 amide bonds. The Hall–Kier alpha value is -2.92. The van der Waals surface area contributed by atoms with Gasteiger partial charge in [-0.15, -0.1) is 6.58 Å². The van der Waals surface area contributed by atoms with Gasteiger partial charge in [-0.05, 0) is 43.9 Å². The lowest BCUT2D eigenvalue weighted by Gasteiger charge is -2.27.